The number of hydrogen-bond acceptors (Lipinski definition) is 5. The van der Waals surface area contributed by atoms with Crippen molar-refractivity contribution in [3.05, 3.63) is 64.0 Å². The zero-order valence-corrected chi connectivity index (χ0v) is 25.3. The summed E-state index contributed by atoms with van der Waals surface area (Å²) in [4.78, 5) is 2.30. The van der Waals surface area contributed by atoms with E-state index in [0.29, 0.717) is 10.6 Å². The van der Waals surface area contributed by atoms with Crippen LogP contribution in [0.4, 0.5) is 11.4 Å². The molecule has 3 rings (SSSR count). The number of halogens is 1. The van der Waals surface area contributed by atoms with Gasteiger partial charge in [-0.1, -0.05) is 49.7 Å². The number of unbranched alkanes of at least 4 members (excludes halogenated alkanes) is 2. The summed E-state index contributed by atoms with van der Waals surface area (Å²) in [6, 6.07) is 14.3. The fourth-order valence-electron chi connectivity index (χ4n) is 4.19. The smallest absolute Gasteiger partial charge is 0.191 e. The number of rotatable bonds is 10. The van der Waals surface area contributed by atoms with Crippen molar-refractivity contribution in [1.82, 2.24) is 5.16 Å². The van der Waals surface area contributed by atoms with E-state index in [1.807, 2.05) is 26.0 Å². The Labute approximate surface area is 228 Å². The van der Waals surface area contributed by atoms with Gasteiger partial charge in [-0.2, -0.15) is 5.26 Å². The molecule has 0 aliphatic carbocycles. The van der Waals surface area contributed by atoms with Gasteiger partial charge in [-0.15, -0.1) is 0 Å². The molecule has 0 bridgehead atoms. The first-order valence-corrected chi connectivity index (χ1v) is 16.3. The second kappa shape index (κ2) is 11.9. The molecule has 1 aromatic heterocycles. The first-order chi connectivity index (χ1) is 17.4. The van der Waals surface area contributed by atoms with Gasteiger partial charge in [0, 0.05) is 30.1 Å². The Morgan fingerprint density at radius 3 is 2.38 bits per heavy atom. The molecule has 0 atom stereocenters. The number of anilines is 2. The maximum atomic E-state index is 9.36. The van der Waals surface area contributed by atoms with Crippen LogP contribution in [0.3, 0.4) is 0 Å². The van der Waals surface area contributed by atoms with Gasteiger partial charge in [0.15, 0.2) is 8.32 Å². The molecule has 0 unspecified atom stereocenters. The van der Waals surface area contributed by atoms with E-state index in [1.54, 1.807) is 6.07 Å². The van der Waals surface area contributed by atoms with E-state index < -0.39 is 8.32 Å². The minimum atomic E-state index is -1.72. The van der Waals surface area contributed by atoms with E-state index >= 15 is 0 Å². The SMILES string of the molecule is Cc1ccc(-c2c(C)noc2C)cc1N(CCCCCO[Si](C)(C)C(C)(C)C)c1ccc(C#N)c(Cl)c1. The number of hydrogen-bond donors (Lipinski definition) is 0. The Hall–Kier alpha value is -2.59. The molecule has 2 aromatic carbocycles. The molecule has 1 heterocycles. The predicted molar refractivity (Wildman–Crippen MR) is 156 cm³/mol. The van der Waals surface area contributed by atoms with Crippen LogP contribution in [0.15, 0.2) is 40.9 Å². The second-order valence-corrected chi connectivity index (χ2v) is 16.5. The molecule has 0 saturated carbocycles. The van der Waals surface area contributed by atoms with Crippen LogP contribution in [0.25, 0.3) is 11.1 Å². The summed E-state index contributed by atoms with van der Waals surface area (Å²) >= 11 is 6.45. The fraction of sp³-hybridized carbons (Fsp3) is 0.467. The Morgan fingerprint density at radius 2 is 1.78 bits per heavy atom. The van der Waals surface area contributed by atoms with Crippen molar-refractivity contribution in [3.63, 3.8) is 0 Å². The van der Waals surface area contributed by atoms with E-state index in [1.165, 1.54) is 0 Å². The molecule has 0 saturated heterocycles. The van der Waals surface area contributed by atoms with Gasteiger partial charge in [-0.3, -0.25) is 0 Å². The molecule has 0 radical (unpaired) electrons. The van der Waals surface area contributed by atoms with Crippen molar-refractivity contribution in [2.75, 3.05) is 18.1 Å². The average Bonchev–Trinajstić information content (AvgIpc) is 3.16. The topological polar surface area (TPSA) is 62.3 Å². The first-order valence-electron chi connectivity index (χ1n) is 13.0. The summed E-state index contributed by atoms with van der Waals surface area (Å²) < 4.78 is 11.8. The van der Waals surface area contributed by atoms with Crippen molar-refractivity contribution in [1.29, 1.82) is 5.26 Å². The summed E-state index contributed by atoms with van der Waals surface area (Å²) in [5, 5.41) is 14.2. The van der Waals surface area contributed by atoms with Crippen LogP contribution in [0.5, 0.6) is 0 Å². The lowest BCUT2D eigenvalue weighted by atomic mass is 10.0. The van der Waals surface area contributed by atoms with Gasteiger partial charge in [0.05, 0.1) is 16.3 Å². The molecule has 0 spiro atoms. The maximum absolute atomic E-state index is 9.36. The Morgan fingerprint density at radius 1 is 1.05 bits per heavy atom. The highest BCUT2D eigenvalue weighted by Gasteiger charge is 2.36. The number of benzene rings is 2. The number of nitrogens with zero attached hydrogens (tertiary/aromatic N) is 3. The number of nitriles is 1. The van der Waals surface area contributed by atoms with Gasteiger partial charge in [0.1, 0.15) is 11.8 Å². The van der Waals surface area contributed by atoms with Crippen molar-refractivity contribution < 1.29 is 8.95 Å². The zero-order valence-electron chi connectivity index (χ0n) is 23.5. The molecule has 37 heavy (non-hydrogen) atoms. The first kappa shape index (κ1) is 29.0. The van der Waals surface area contributed by atoms with Gasteiger partial charge in [0.2, 0.25) is 0 Å². The molecular weight excluding hydrogens is 498 g/mol. The Bertz CT molecular complexity index is 1250. The van der Waals surface area contributed by atoms with Crippen LogP contribution in [0.1, 0.15) is 62.6 Å². The fourth-order valence-corrected chi connectivity index (χ4v) is 5.50. The third-order valence-electron chi connectivity index (χ3n) is 7.50. The lowest BCUT2D eigenvalue weighted by Crippen LogP contribution is -2.40. The van der Waals surface area contributed by atoms with E-state index in [2.05, 4.69) is 75.1 Å². The third kappa shape index (κ3) is 6.84. The standard InChI is InChI=1S/C30H40ClN3O2Si/c1-21-12-13-24(29-22(2)33-36-23(29)3)18-28(21)34(26-15-14-25(20-32)27(31)19-26)16-10-9-11-17-35-37(7,8)30(4,5)6/h12-15,18-19H,9-11,16-17H2,1-8H3. The van der Waals surface area contributed by atoms with Gasteiger partial charge >= 0.3 is 0 Å². The van der Waals surface area contributed by atoms with E-state index in [-0.39, 0.29) is 5.04 Å². The predicted octanol–water partition coefficient (Wildman–Crippen LogP) is 9.12. The van der Waals surface area contributed by atoms with E-state index in [4.69, 9.17) is 20.6 Å². The number of aromatic nitrogens is 1. The van der Waals surface area contributed by atoms with Crippen LogP contribution in [0, 0.1) is 32.1 Å². The quantitative estimate of drug-likeness (QED) is 0.190. The highest BCUT2D eigenvalue weighted by molar-refractivity contribution is 6.74. The van der Waals surface area contributed by atoms with Crippen LogP contribution in [-0.2, 0) is 4.43 Å². The van der Waals surface area contributed by atoms with Gasteiger partial charge in [0.25, 0.3) is 0 Å². The molecule has 0 aliphatic heterocycles. The normalized spacial score (nSPS) is 12.0. The molecule has 3 aromatic rings. The van der Waals surface area contributed by atoms with Crippen LogP contribution >= 0.6 is 11.6 Å². The molecule has 0 N–H and O–H groups in total. The van der Waals surface area contributed by atoms with Crippen molar-refractivity contribution in [2.24, 2.45) is 0 Å². The van der Waals surface area contributed by atoms with Crippen molar-refractivity contribution in [3.8, 4) is 17.2 Å². The highest BCUT2D eigenvalue weighted by atomic mass is 35.5. The van der Waals surface area contributed by atoms with Gasteiger partial charge < -0.3 is 13.8 Å². The Kier molecular flexibility index (Phi) is 9.28. The summed E-state index contributed by atoms with van der Waals surface area (Å²) in [5.41, 5.74) is 6.70. The molecule has 198 valence electrons. The van der Waals surface area contributed by atoms with Crippen LogP contribution in [0.2, 0.25) is 23.2 Å². The molecule has 5 nitrogen and oxygen atoms in total. The molecule has 0 aliphatic rings. The minimum Gasteiger partial charge on any atom is -0.417 e. The van der Waals surface area contributed by atoms with Crippen molar-refractivity contribution in [2.45, 2.75) is 78.9 Å². The molecule has 0 fully saturated rings. The van der Waals surface area contributed by atoms with Gasteiger partial charge in [-0.25, -0.2) is 0 Å². The minimum absolute atomic E-state index is 0.225. The zero-order chi connectivity index (χ0) is 27.4. The number of aryl methyl sites for hydroxylation is 3. The average molecular weight is 538 g/mol. The lowest BCUT2D eigenvalue weighted by molar-refractivity contribution is 0.278. The van der Waals surface area contributed by atoms with Crippen molar-refractivity contribution >= 4 is 31.3 Å². The van der Waals surface area contributed by atoms with Gasteiger partial charge in [-0.05, 0) is 93.6 Å². The lowest BCUT2D eigenvalue weighted by Gasteiger charge is -2.36. The summed E-state index contributed by atoms with van der Waals surface area (Å²) in [5.74, 6) is 0.807. The van der Waals surface area contributed by atoms with E-state index in [9.17, 15) is 5.26 Å². The molecule has 0 amide bonds. The van der Waals surface area contributed by atoms with E-state index in [0.717, 1.165) is 71.9 Å². The third-order valence-corrected chi connectivity index (χ3v) is 12.4. The highest BCUT2D eigenvalue weighted by Crippen LogP contribution is 2.38. The largest absolute Gasteiger partial charge is 0.417 e. The van der Waals surface area contributed by atoms with Crippen LogP contribution in [-0.4, -0.2) is 26.6 Å². The summed E-state index contributed by atoms with van der Waals surface area (Å²) in [7, 11) is -1.72. The van der Waals surface area contributed by atoms with Crippen LogP contribution < -0.4 is 4.90 Å². The molecule has 7 heteroatoms. The summed E-state index contributed by atoms with van der Waals surface area (Å²) in [6.45, 7) is 19.1. The second-order valence-electron chi connectivity index (χ2n) is 11.3. The Balaban J connectivity index is 1.83. The summed E-state index contributed by atoms with van der Waals surface area (Å²) in [6.07, 6.45) is 3.11. The maximum Gasteiger partial charge on any atom is 0.191 e. The molecular formula is C30H40ClN3O2Si. The monoisotopic (exact) mass is 537 g/mol.